The molecule has 0 aromatic rings. The number of carbonyl (C=O) groups excluding carboxylic acids is 2. The van der Waals surface area contributed by atoms with Crippen molar-refractivity contribution in [3.8, 4) is 0 Å². The Hall–Kier alpha value is -1.58. The quantitative estimate of drug-likeness (QED) is 0.577. The van der Waals surface area contributed by atoms with E-state index in [-0.39, 0.29) is 16.6 Å². The summed E-state index contributed by atoms with van der Waals surface area (Å²) in [5.74, 6) is 1.76. The lowest BCUT2D eigenvalue weighted by atomic mass is 9.47. The summed E-state index contributed by atoms with van der Waals surface area (Å²) in [6.07, 6.45) is 10.5. The zero-order valence-electron chi connectivity index (χ0n) is 14.8. The molecule has 4 heteroatoms. The van der Waals surface area contributed by atoms with E-state index in [0.29, 0.717) is 23.5 Å². The van der Waals surface area contributed by atoms with Crippen LogP contribution in [0.5, 0.6) is 0 Å². The zero-order chi connectivity index (χ0) is 17.3. The van der Waals surface area contributed by atoms with Crippen molar-refractivity contribution >= 4 is 11.6 Å². The van der Waals surface area contributed by atoms with Gasteiger partial charge in [-0.2, -0.15) is 5.11 Å². The van der Waals surface area contributed by atoms with Gasteiger partial charge in [0.15, 0.2) is 11.3 Å². The topological polar surface area (TPSA) is 70.3 Å². The smallest absolute Gasteiger partial charge is 0.188 e. The van der Waals surface area contributed by atoms with Crippen LogP contribution in [0.25, 0.3) is 0 Å². The van der Waals surface area contributed by atoms with Gasteiger partial charge in [0.25, 0.3) is 0 Å². The second kappa shape index (κ2) is 4.74. The summed E-state index contributed by atoms with van der Waals surface area (Å²) in [5, 5.41) is 3.75. The van der Waals surface area contributed by atoms with E-state index < -0.39 is 5.54 Å². The highest BCUT2D eigenvalue weighted by Crippen LogP contribution is 2.63. The third-order valence-corrected chi connectivity index (χ3v) is 7.90. The lowest BCUT2D eigenvalue weighted by Gasteiger charge is -2.56. The monoisotopic (exact) mass is 326 g/mol. The number of Topliss-reactive ketones (excluding diaryl/α,β-unsaturated/α-hetero) is 1. The van der Waals surface area contributed by atoms with E-state index >= 15 is 0 Å². The summed E-state index contributed by atoms with van der Waals surface area (Å²) < 4.78 is 0. The molecule has 4 nitrogen and oxygen atoms in total. The lowest BCUT2D eigenvalue weighted by molar-refractivity contribution is -0.131. The normalized spacial score (nSPS) is 50.0. The first kappa shape index (κ1) is 15.9. The summed E-state index contributed by atoms with van der Waals surface area (Å²) in [7, 11) is 0. The third kappa shape index (κ3) is 1.69. The number of allylic oxidation sites excluding steroid dienone is 2. The van der Waals surface area contributed by atoms with Gasteiger partial charge in [-0.25, -0.2) is 5.53 Å². The maximum absolute atomic E-state index is 12.4. The Morgan fingerprint density at radius 2 is 1.92 bits per heavy atom. The van der Waals surface area contributed by atoms with Crippen LogP contribution >= 0.6 is 0 Å². The SMILES string of the molecule is CC1(N=N)C(=O)C=C[C@@]2(C)C1=CC[C@@H]1[C@@H]2CC[C@]2(C)C(=O)CC[C@@H]12. The van der Waals surface area contributed by atoms with Crippen LogP contribution in [0.4, 0.5) is 0 Å². The number of nitrogens with zero attached hydrogens (tertiary/aromatic N) is 1. The van der Waals surface area contributed by atoms with Gasteiger partial charge in [0.2, 0.25) is 0 Å². The van der Waals surface area contributed by atoms with E-state index in [1.165, 1.54) is 0 Å². The van der Waals surface area contributed by atoms with Crippen molar-refractivity contribution < 1.29 is 9.59 Å². The Labute approximate surface area is 143 Å². The molecule has 0 heterocycles. The highest BCUT2D eigenvalue weighted by atomic mass is 16.1. The first-order valence-corrected chi connectivity index (χ1v) is 9.14. The van der Waals surface area contributed by atoms with Crippen molar-refractivity contribution in [2.24, 2.45) is 33.7 Å². The van der Waals surface area contributed by atoms with Gasteiger partial charge in [-0.3, -0.25) is 9.59 Å². The molecule has 1 unspecified atom stereocenters. The van der Waals surface area contributed by atoms with Crippen molar-refractivity contribution in [3.63, 3.8) is 0 Å². The molecule has 0 radical (unpaired) electrons. The van der Waals surface area contributed by atoms with Crippen molar-refractivity contribution in [2.75, 3.05) is 0 Å². The number of carbonyl (C=O) groups is 2. The molecule has 0 amide bonds. The summed E-state index contributed by atoms with van der Waals surface area (Å²) >= 11 is 0. The molecule has 128 valence electrons. The molecule has 4 aliphatic carbocycles. The van der Waals surface area contributed by atoms with Gasteiger partial charge >= 0.3 is 0 Å². The number of ketones is 2. The fraction of sp³-hybridized carbons (Fsp3) is 0.700. The minimum atomic E-state index is -1.04. The molecule has 0 aliphatic heterocycles. The molecule has 6 atom stereocenters. The van der Waals surface area contributed by atoms with Gasteiger partial charge in [0, 0.05) is 17.3 Å². The fourth-order valence-electron chi connectivity index (χ4n) is 6.40. The molecule has 0 spiro atoms. The largest absolute Gasteiger partial charge is 0.299 e. The van der Waals surface area contributed by atoms with Gasteiger partial charge < -0.3 is 0 Å². The van der Waals surface area contributed by atoms with Crippen LogP contribution in [0.3, 0.4) is 0 Å². The van der Waals surface area contributed by atoms with Crippen LogP contribution in [0.1, 0.15) is 52.9 Å². The number of hydrogen-bond donors (Lipinski definition) is 1. The van der Waals surface area contributed by atoms with Crippen LogP contribution < -0.4 is 0 Å². The Bertz CT molecular complexity index is 708. The van der Waals surface area contributed by atoms with E-state index in [2.05, 4.69) is 31.1 Å². The number of hydrogen-bond acceptors (Lipinski definition) is 4. The maximum Gasteiger partial charge on any atom is 0.188 e. The Kier molecular flexibility index (Phi) is 3.14. The van der Waals surface area contributed by atoms with Crippen molar-refractivity contribution in [3.05, 3.63) is 23.8 Å². The Balaban J connectivity index is 1.80. The van der Waals surface area contributed by atoms with Crippen LogP contribution in [0.15, 0.2) is 28.9 Å². The van der Waals surface area contributed by atoms with Crippen molar-refractivity contribution in [1.29, 1.82) is 5.53 Å². The first-order chi connectivity index (χ1) is 11.3. The van der Waals surface area contributed by atoms with Crippen LogP contribution in [0.2, 0.25) is 0 Å². The van der Waals surface area contributed by atoms with Gasteiger partial charge in [-0.1, -0.05) is 26.0 Å². The molecule has 2 fully saturated rings. The maximum atomic E-state index is 12.4. The van der Waals surface area contributed by atoms with Crippen molar-refractivity contribution in [2.45, 2.75) is 58.4 Å². The van der Waals surface area contributed by atoms with Gasteiger partial charge in [-0.15, -0.1) is 0 Å². The van der Waals surface area contributed by atoms with Crippen LogP contribution in [0, 0.1) is 34.1 Å². The zero-order valence-corrected chi connectivity index (χ0v) is 14.8. The number of fused-ring (bicyclic) bond motifs is 5. The molecule has 0 aromatic carbocycles. The number of nitrogens with one attached hydrogen (secondary N) is 1. The summed E-state index contributed by atoms with van der Waals surface area (Å²) in [5.41, 5.74) is 7.23. The summed E-state index contributed by atoms with van der Waals surface area (Å²) in [6, 6.07) is 0. The van der Waals surface area contributed by atoms with Gasteiger partial charge in [0.05, 0.1) is 0 Å². The molecular formula is C20H26N2O2. The molecule has 0 aromatic heterocycles. The van der Waals surface area contributed by atoms with E-state index in [1.54, 1.807) is 13.0 Å². The average Bonchev–Trinajstić information content (AvgIpc) is 2.87. The minimum absolute atomic E-state index is 0.0867. The highest BCUT2D eigenvalue weighted by Gasteiger charge is 2.60. The Morgan fingerprint density at radius 3 is 2.62 bits per heavy atom. The second-order valence-electron chi connectivity index (χ2n) is 8.81. The van der Waals surface area contributed by atoms with E-state index in [4.69, 9.17) is 5.53 Å². The molecule has 0 saturated heterocycles. The molecule has 24 heavy (non-hydrogen) atoms. The van der Waals surface area contributed by atoms with Crippen molar-refractivity contribution in [1.82, 2.24) is 0 Å². The minimum Gasteiger partial charge on any atom is -0.299 e. The van der Waals surface area contributed by atoms with E-state index in [0.717, 1.165) is 37.7 Å². The standard InChI is InChI=1S/C20H26N2O2/c1-18-11-9-17(24)20(3,22-21)15(18)6-4-12-13-5-7-16(23)19(13,2)10-8-14(12)18/h6,9,11-14,21H,4-5,7-8,10H2,1-3H3/t12-,13-,14-,18+,19-,20?/m0/s1. The summed E-state index contributed by atoms with van der Waals surface area (Å²) in [6.45, 7) is 6.16. The predicted octanol–water partition coefficient (Wildman–Crippen LogP) is 4.26. The first-order valence-electron chi connectivity index (χ1n) is 9.14. The van der Waals surface area contributed by atoms with E-state index in [1.807, 2.05) is 0 Å². The van der Waals surface area contributed by atoms with Gasteiger partial charge in [0.1, 0.15) is 5.78 Å². The molecule has 1 N–H and O–H groups in total. The molecular weight excluding hydrogens is 300 g/mol. The highest BCUT2D eigenvalue weighted by molar-refractivity contribution is 6.02. The average molecular weight is 326 g/mol. The van der Waals surface area contributed by atoms with E-state index in [9.17, 15) is 9.59 Å². The molecule has 4 aliphatic rings. The Morgan fingerprint density at radius 1 is 1.17 bits per heavy atom. The summed E-state index contributed by atoms with van der Waals surface area (Å²) in [4.78, 5) is 24.8. The molecule has 2 saturated carbocycles. The second-order valence-corrected chi connectivity index (χ2v) is 8.81. The van der Waals surface area contributed by atoms with Crippen LogP contribution in [-0.2, 0) is 9.59 Å². The molecule has 4 rings (SSSR count). The third-order valence-electron chi connectivity index (χ3n) is 7.90. The molecule has 0 bridgehead atoms. The number of rotatable bonds is 1. The van der Waals surface area contributed by atoms with Crippen LogP contribution in [-0.4, -0.2) is 17.1 Å². The van der Waals surface area contributed by atoms with Gasteiger partial charge in [-0.05, 0) is 62.0 Å². The predicted molar refractivity (Wildman–Crippen MR) is 90.6 cm³/mol. The fourth-order valence-corrected chi connectivity index (χ4v) is 6.40. The lowest BCUT2D eigenvalue weighted by Crippen LogP contribution is -2.54.